The highest BCUT2D eigenvalue weighted by Crippen LogP contribution is 2.14. The van der Waals surface area contributed by atoms with Crippen LogP contribution in [0.4, 0.5) is 8.78 Å². The predicted octanol–water partition coefficient (Wildman–Crippen LogP) is 2.65. The van der Waals surface area contributed by atoms with Crippen molar-refractivity contribution in [2.75, 3.05) is 13.2 Å². The van der Waals surface area contributed by atoms with Gasteiger partial charge in [0.25, 0.3) is 0 Å². The lowest BCUT2D eigenvalue weighted by Gasteiger charge is -2.07. The van der Waals surface area contributed by atoms with Crippen molar-refractivity contribution in [1.82, 2.24) is 5.32 Å². The number of halogens is 2. The minimum Gasteiger partial charge on any atom is -0.492 e. The molecule has 0 aromatic heterocycles. The average molecular weight is 257 g/mol. The fourth-order valence-electron chi connectivity index (χ4n) is 1.40. The monoisotopic (exact) mass is 257 g/mol. The van der Waals surface area contributed by atoms with Gasteiger partial charge in [0.05, 0.1) is 6.54 Å². The lowest BCUT2D eigenvalue weighted by atomic mass is 10.2. The van der Waals surface area contributed by atoms with Crippen molar-refractivity contribution in [2.24, 2.45) is 0 Å². The Kier molecular flexibility index (Phi) is 6.11. The second-order valence-electron chi connectivity index (χ2n) is 3.91. The second kappa shape index (κ2) is 7.63. The summed E-state index contributed by atoms with van der Waals surface area (Å²) < 4.78 is 30.8. The molecule has 100 valence electrons. The Hall–Kier alpha value is -1.65. The number of hydrogen-bond acceptors (Lipinski definition) is 2. The predicted molar refractivity (Wildman–Crippen MR) is 64.4 cm³/mol. The minimum atomic E-state index is -0.683. The smallest absolute Gasteiger partial charge is 0.220 e. The average Bonchev–Trinajstić information content (AvgIpc) is 2.31. The maximum absolute atomic E-state index is 12.8. The van der Waals surface area contributed by atoms with E-state index < -0.39 is 11.6 Å². The van der Waals surface area contributed by atoms with Crippen LogP contribution in [0.25, 0.3) is 0 Å². The lowest BCUT2D eigenvalue weighted by Crippen LogP contribution is -2.27. The molecule has 0 aliphatic carbocycles. The quantitative estimate of drug-likeness (QED) is 0.763. The molecule has 1 aromatic carbocycles. The third kappa shape index (κ3) is 5.61. The van der Waals surface area contributed by atoms with Gasteiger partial charge in [-0.1, -0.05) is 13.3 Å². The van der Waals surface area contributed by atoms with Crippen LogP contribution in [-0.2, 0) is 4.79 Å². The lowest BCUT2D eigenvalue weighted by molar-refractivity contribution is -0.121. The van der Waals surface area contributed by atoms with Crippen LogP contribution in [0.1, 0.15) is 26.2 Å². The molecular weight excluding hydrogens is 240 g/mol. The normalized spacial score (nSPS) is 10.2. The number of ether oxygens (including phenoxy) is 1. The van der Waals surface area contributed by atoms with Crippen LogP contribution in [0.2, 0.25) is 0 Å². The molecule has 0 heterocycles. The van der Waals surface area contributed by atoms with Crippen molar-refractivity contribution in [1.29, 1.82) is 0 Å². The molecule has 1 rings (SSSR count). The first kappa shape index (κ1) is 14.4. The highest BCUT2D eigenvalue weighted by atomic mass is 19.1. The van der Waals surface area contributed by atoms with E-state index in [4.69, 9.17) is 4.74 Å². The zero-order valence-corrected chi connectivity index (χ0v) is 10.3. The van der Waals surface area contributed by atoms with E-state index >= 15 is 0 Å². The van der Waals surface area contributed by atoms with Crippen molar-refractivity contribution in [3.63, 3.8) is 0 Å². The Bertz CT molecular complexity index is 376. The summed E-state index contributed by atoms with van der Waals surface area (Å²) in [5.74, 6) is -1.28. The van der Waals surface area contributed by atoms with Gasteiger partial charge >= 0.3 is 0 Å². The van der Waals surface area contributed by atoms with Crippen LogP contribution < -0.4 is 10.1 Å². The van der Waals surface area contributed by atoms with Gasteiger partial charge in [-0.2, -0.15) is 0 Å². The molecular formula is C13H17F2NO2. The van der Waals surface area contributed by atoms with Crippen LogP contribution in [0, 0.1) is 11.6 Å². The van der Waals surface area contributed by atoms with E-state index in [0.717, 1.165) is 31.0 Å². The number of rotatable bonds is 7. The highest BCUT2D eigenvalue weighted by molar-refractivity contribution is 5.75. The first-order valence-electron chi connectivity index (χ1n) is 5.97. The molecule has 3 nitrogen and oxygen atoms in total. The van der Waals surface area contributed by atoms with E-state index in [0.29, 0.717) is 13.0 Å². The number of unbranched alkanes of at least 4 members (excludes halogenated alkanes) is 1. The van der Waals surface area contributed by atoms with Gasteiger partial charge in [0.1, 0.15) is 24.0 Å². The standard InChI is InChI=1S/C13H17F2NO2/c1-2-3-4-13(17)16-5-6-18-12-8-10(14)7-11(15)9-12/h7-9H,2-6H2,1H3,(H,16,17). The number of carbonyl (C=O) groups excluding carboxylic acids is 1. The number of nitrogens with one attached hydrogen (secondary N) is 1. The second-order valence-corrected chi connectivity index (χ2v) is 3.91. The summed E-state index contributed by atoms with van der Waals surface area (Å²) >= 11 is 0. The van der Waals surface area contributed by atoms with E-state index in [9.17, 15) is 13.6 Å². The van der Waals surface area contributed by atoms with Crippen molar-refractivity contribution in [3.05, 3.63) is 29.8 Å². The van der Waals surface area contributed by atoms with Gasteiger partial charge in [0, 0.05) is 24.6 Å². The van der Waals surface area contributed by atoms with Crippen molar-refractivity contribution < 1.29 is 18.3 Å². The molecule has 0 saturated heterocycles. The third-order valence-corrected chi connectivity index (χ3v) is 2.29. The highest BCUT2D eigenvalue weighted by Gasteiger charge is 2.02. The Morgan fingerprint density at radius 2 is 1.94 bits per heavy atom. The van der Waals surface area contributed by atoms with Gasteiger partial charge in [0.2, 0.25) is 5.91 Å². The van der Waals surface area contributed by atoms with Crippen LogP contribution in [0.5, 0.6) is 5.75 Å². The van der Waals surface area contributed by atoms with Gasteiger partial charge in [0.15, 0.2) is 0 Å². The first-order valence-corrected chi connectivity index (χ1v) is 5.97. The summed E-state index contributed by atoms with van der Waals surface area (Å²) in [7, 11) is 0. The molecule has 0 saturated carbocycles. The Morgan fingerprint density at radius 3 is 2.56 bits per heavy atom. The van der Waals surface area contributed by atoms with Crippen LogP contribution >= 0.6 is 0 Å². The first-order chi connectivity index (χ1) is 8.61. The van der Waals surface area contributed by atoms with E-state index in [1.807, 2.05) is 6.92 Å². The SMILES string of the molecule is CCCCC(=O)NCCOc1cc(F)cc(F)c1. The summed E-state index contributed by atoms with van der Waals surface area (Å²) in [6.45, 7) is 2.51. The van der Waals surface area contributed by atoms with E-state index in [-0.39, 0.29) is 18.3 Å². The number of benzene rings is 1. The Balaban J connectivity index is 2.23. The van der Waals surface area contributed by atoms with E-state index in [1.165, 1.54) is 0 Å². The van der Waals surface area contributed by atoms with Gasteiger partial charge in [-0.15, -0.1) is 0 Å². The van der Waals surface area contributed by atoms with Crippen molar-refractivity contribution in [3.8, 4) is 5.75 Å². The van der Waals surface area contributed by atoms with Gasteiger partial charge in [-0.3, -0.25) is 4.79 Å². The molecule has 1 N–H and O–H groups in total. The fourth-order valence-corrected chi connectivity index (χ4v) is 1.40. The van der Waals surface area contributed by atoms with Gasteiger partial charge in [-0.25, -0.2) is 8.78 Å². The molecule has 1 aromatic rings. The van der Waals surface area contributed by atoms with Gasteiger partial charge in [-0.05, 0) is 6.42 Å². The molecule has 5 heteroatoms. The van der Waals surface area contributed by atoms with Gasteiger partial charge < -0.3 is 10.1 Å². The molecule has 1 amide bonds. The summed E-state index contributed by atoms with van der Waals surface area (Å²) in [5.41, 5.74) is 0. The third-order valence-electron chi connectivity index (χ3n) is 2.29. The van der Waals surface area contributed by atoms with Crippen LogP contribution in [0.3, 0.4) is 0 Å². The molecule has 0 spiro atoms. The molecule has 0 bridgehead atoms. The Labute approximate surface area is 105 Å². The fraction of sp³-hybridized carbons (Fsp3) is 0.462. The number of carbonyl (C=O) groups is 1. The molecule has 18 heavy (non-hydrogen) atoms. The van der Waals surface area contributed by atoms with Crippen LogP contribution in [-0.4, -0.2) is 19.1 Å². The molecule has 0 unspecified atom stereocenters. The zero-order valence-electron chi connectivity index (χ0n) is 10.3. The number of amides is 1. The maximum Gasteiger partial charge on any atom is 0.220 e. The molecule has 0 aliphatic heterocycles. The van der Waals surface area contributed by atoms with Crippen molar-refractivity contribution in [2.45, 2.75) is 26.2 Å². The van der Waals surface area contributed by atoms with Crippen LogP contribution in [0.15, 0.2) is 18.2 Å². The molecule has 0 radical (unpaired) electrons. The van der Waals surface area contributed by atoms with E-state index in [2.05, 4.69) is 5.32 Å². The molecule has 0 atom stereocenters. The molecule has 0 fully saturated rings. The summed E-state index contributed by atoms with van der Waals surface area (Å²) in [6.07, 6.45) is 2.30. The summed E-state index contributed by atoms with van der Waals surface area (Å²) in [4.78, 5) is 11.2. The Morgan fingerprint density at radius 1 is 1.28 bits per heavy atom. The largest absolute Gasteiger partial charge is 0.492 e. The minimum absolute atomic E-state index is 0.0362. The van der Waals surface area contributed by atoms with E-state index in [1.54, 1.807) is 0 Å². The molecule has 0 aliphatic rings. The van der Waals surface area contributed by atoms with Crippen molar-refractivity contribution >= 4 is 5.91 Å². The number of hydrogen-bond donors (Lipinski definition) is 1. The zero-order chi connectivity index (χ0) is 13.4. The topological polar surface area (TPSA) is 38.3 Å². The summed E-state index contributed by atoms with van der Waals surface area (Å²) in [6, 6.07) is 2.98. The maximum atomic E-state index is 12.8. The summed E-state index contributed by atoms with van der Waals surface area (Å²) in [5, 5.41) is 2.67.